The number of thiazole rings is 1. The van der Waals surface area contributed by atoms with Crippen LogP contribution in [-0.2, 0) is 11.2 Å². The first kappa shape index (κ1) is 15.7. The fourth-order valence-electron chi connectivity index (χ4n) is 1.86. The Kier molecular flexibility index (Phi) is 5.04. The summed E-state index contributed by atoms with van der Waals surface area (Å²) in [6.45, 7) is 6.05. The second-order valence-electron chi connectivity index (χ2n) is 4.92. The number of aryl methyl sites for hydroxylation is 1. The number of rotatable bonds is 4. The van der Waals surface area contributed by atoms with Gasteiger partial charge in [-0.05, 0) is 30.0 Å². The molecular formula is C14H16BrClN2OS. The smallest absolute Gasteiger partial charge is 0.240 e. The van der Waals surface area contributed by atoms with Gasteiger partial charge in [0.15, 0.2) is 5.13 Å². The summed E-state index contributed by atoms with van der Waals surface area (Å²) in [5.74, 6) is 0.160. The van der Waals surface area contributed by atoms with Gasteiger partial charge in [0.1, 0.15) is 0 Å². The molecule has 0 spiro atoms. The molecule has 0 bridgehead atoms. The summed E-state index contributed by atoms with van der Waals surface area (Å²) in [4.78, 5) is 16.3. The second kappa shape index (κ2) is 6.41. The number of hydrogen-bond donors (Lipinski definition) is 1. The number of anilines is 1. The minimum absolute atomic E-state index is 0.0665. The zero-order valence-electron chi connectivity index (χ0n) is 11.5. The molecule has 2 aromatic rings. The number of carbonyl (C=O) groups is 1. The molecule has 1 amide bonds. The molecule has 0 aliphatic carbocycles. The molecule has 0 unspecified atom stereocenters. The number of alkyl halides is 1. The van der Waals surface area contributed by atoms with E-state index in [0.29, 0.717) is 10.2 Å². The molecule has 20 heavy (non-hydrogen) atoms. The van der Waals surface area contributed by atoms with Crippen LogP contribution >= 0.6 is 38.9 Å². The summed E-state index contributed by atoms with van der Waals surface area (Å²) in [7, 11) is 0. The van der Waals surface area contributed by atoms with Crippen molar-refractivity contribution in [3.63, 3.8) is 0 Å². The van der Waals surface area contributed by atoms with Gasteiger partial charge in [0.25, 0.3) is 0 Å². The van der Waals surface area contributed by atoms with Crippen LogP contribution < -0.4 is 5.32 Å². The first-order valence-electron chi connectivity index (χ1n) is 6.46. The average Bonchev–Trinajstić information content (AvgIpc) is 2.78. The molecule has 1 aromatic heterocycles. The van der Waals surface area contributed by atoms with Crippen LogP contribution in [0.1, 0.15) is 26.3 Å². The molecule has 0 fully saturated rings. The number of benzene rings is 1. The van der Waals surface area contributed by atoms with Gasteiger partial charge in [-0.25, -0.2) is 4.98 Å². The maximum absolute atomic E-state index is 12.0. The lowest BCUT2D eigenvalue weighted by Crippen LogP contribution is -2.26. The van der Waals surface area contributed by atoms with Gasteiger partial charge in [-0.3, -0.25) is 4.79 Å². The summed E-state index contributed by atoms with van der Waals surface area (Å²) >= 11 is 10.9. The SMILES string of the molecule is CCc1cc(Cl)cc2sc(NC(=O)[C@@H](Br)C(C)C)nc12. The first-order valence-corrected chi connectivity index (χ1v) is 8.57. The van der Waals surface area contributed by atoms with Crippen LogP contribution in [0.4, 0.5) is 5.13 Å². The van der Waals surface area contributed by atoms with Crippen LogP contribution in [0.3, 0.4) is 0 Å². The Balaban J connectivity index is 2.31. The minimum atomic E-state index is -0.219. The first-order chi connectivity index (χ1) is 9.42. The maximum atomic E-state index is 12.0. The highest BCUT2D eigenvalue weighted by molar-refractivity contribution is 9.10. The van der Waals surface area contributed by atoms with E-state index >= 15 is 0 Å². The van der Waals surface area contributed by atoms with Crippen molar-refractivity contribution >= 4 is 60.1 Å². The van der Waals surface area contributed by atoms with Crippen molar-refractivity contribution in [2.24, 2.45) is 5.92 Å². The number of halogens is 2. The Hall–Kier alpha value is -0.650. The Morgan fingerprint density at radius 1 is 1.50 bits per heavy atom. The van der Waals surface area contributed by atoms with Crippen LogP contribution in [0.15, 0.2) is 12.1 Å². The molecule has 0 radical (unpaired) electrons. The lowest BCUT2D eigenvalue weighted by molar-refractivity contribution is -0.116. The topological polar surface area (TPSA) is 42.0 Å². The van der Waals surface area contributed by atoms with Gasteiger partial charge in [-0.1, -0.05) is 59.6 Å². The van der Waals surface area contributed by atoms with Crippen LogP contribution in [0.2, 0.25) is 5.02 Å². The highest BCUT2D eigenvalue weighted by Gasteiger charge is 2.20. The lowest BCUT2D eigenvalue weighted by Gasteiger charge is -2.11. The number of carbonyl (C=O) groups excluding carboxylic acids is 1. The van der Waals surface area contributed by atoms with Crippen LogP contribution in [0.5, 0.6) is 0 Å². The van der Waals surface area contributed by atoms with Crippen LogP contribution in [0.25, 0.3) is 10.2 Å². The Labute approximate surface area is 135 Å². The van der Waals surface area contributed by atoms with E-state index in [1.807, 2.05) is 26.0 Å². The van der Waals surface area contributed by atoms with Gasteiger partial charge in [-0.2, -0.15) is 0 Å². The molecule has 1 aromatic carbocycles. The predicted molar refractivity (Wildman–Crippen MR) is 90.2 cm³/mol. The van der Waals surface area contributed by atoms with Gasteiger partial charge in [-0.15, -0.1) is 0 Å². The van der Waals surface area contributed by atoms with Crippen molar-refractivity contribution in [3.8, 4) is 0 Å². The van der Waals surface area contributed by atoms with Gasteiger partial charge in [0.2, 0.25) is 5.91 Å². The molecule has 0 saturated carbocycles. The van der Waals surface area contributed by atoms with Gasteiger partial charge < -0.3 is 5.32 Å². The van der Waals surface area contributed by atoms with Gasteiger partial charge in [0.05, 0.1) is 15.0 Å². The summed E-state index contributed by atoms with van der Waals surface area (Å²) in [6, 6.07) is 3.81. The number of aromatic nitrogens is 1. The Morgan fingerprint density at radius 3 is 2.80 bits per heavy atom. The third kappa shape index (κ3) is 3.32. The number of amides is 1. The van der Waals surface area contributed by atoms with E-state index in [9.17, 15) is 4.79 Å². The van der Waals surface area contributed by atoms with Gasteiger partial charge in [0, 0.05) is 5.02 Å². The summed E-state index contributed by atoms with van der Waals surface area (Å²) in [6.07, 6.45) is 0.862. The quantitative estimate of drug-likeness (QED) is 0.775. The molecule has 3 nitrogen and oxygen atoms in total. The van der Waals surface area contributed by atoms with E-state index in [0.717, 1.165) is 22.2 Å². The van der Waals surface area contributed by atoms with Crippen molar-refractivity contribution in [2.75, 3.05) is 5.32 Å². The van der Waals surface area contributed by atoms with Gasteiger partial charge >= 0.3 is 0 Å². The molecule has 0 saturated heterocycles. The van der Waals surface area contributed by atoms with Crippen LogP contribution in [-0.4, -0.2) is 15.7 Å². The van der Waals surface area contributed by atoms with Crippen molar-refractivity contribution in [1.82, 2.24) is 4.98 Å². The fraction of sp³-hybridized carbons (Fsp3) is 0.429. The standard InChI is InChI=1S/C14H16BrClN2OS/c1-4-8-5-9(16)6-10-12(8)17-14(20-10)18-13(19)11(15)7(2)3/h5-7,11H,4H2,1-3H3,(H,17,18,19)/t11-/m0/s1. The lowest BCUT2D eigenvalue weighted by atomic mass is 10.1. The van der Waals surface area contributed by atoms with Crippen molar-refractivity contribution < 1.29 is 4.79 Å². The highest BCUT2D eigenvalue weighted by atomic mass is 79.9. The number of hydrogen-bond acceptors (Lipinski definition) is 3. The van der Waals surface area contributed by atoms with E-state index in [1.54, 1.807) is 0 Å². The Morgan fingerprint density at radius 2 is 2.20 bits per heavy atom. The maximum Gasteiger partial charge on any atom is 0.240 e. The molecule has 6 heteroatoms. The molecule has 1 N–H and O–H groups in total. The molecule has 1 atom stereocenters. The fourth-order valence-corrected chi connectivity index (χ4v) is 3.24. The minimum Gasteiger partial charge on any atom is -0.301 e. The third-order valence-corrected chi connectivity index (χ3v) is 5.59. The zero-order chi connectivity index (χ0) is 14.9. The van der Waals surface area contributed by atoms with E-state index in [4.69, 9.17) is 11.6 Å². The predicted octanol–water partition coefficient (Wildman–Crippen LogP) is 4.87. The summed E-state index contributed by atoms with van der Waals surface area (Å²) in [5.41, 5.74) is 2.02. The number of fused-ring (bicyclic) bond motifs is 1. The van der Waals surface area contributed by atoms with Crippen LogP contribution in [0, 0.1) is 5.92 Å². The number of nitrogens with one attached hydrogen (secondary N) is 1. The zero-order valence-corrected chi connectivity index (χ0v) is 14.7. The number of nitrogens with zero attached hydrogens (tertiary/aromatic N) is 1. The van der Waals surface area contributed by atoms with E-state index < -0.39 is 0 Å². The second-order valence-corrected chi connectivity index (χ2v) is 7.37. The normalized spacial score (nSPS) is 12.9. The molecule has 1 heterocycles. The van der Waals surface area contributed by atoms with E-state index in [-0.39, 0.29) is 16.7 Å². The molecule has 0 aliphatic heterocycles. The summed E-state index contributed by atoms with van der Waals surface area (Å²) < 4.78 is 1.00. The monoisotopic (exact) mass is 374 g/mol. The van der Waals surface area contributed by atoms with E-state index in [1.165, 1.54) is 11.3 Å². The summed E-state index contributed by atoms with van der Waals surface area (Å²) in [5, 5.41) is 4.18. The van der Waals surface area contributed by atoms with Crippen molar-refractivity contribution in [3.05, 3.63) is 22.7 Å². The van der Waals surface area contributed by atoms with Crippen molar-refractivity contribution in [1.29, 1.82) is 0 Å². The average molecular weight is 376 g/mol. The highest BCUT2D eigenvalue weighted by Crippen LogP contribution is 2.32. The largest absolute Gasteiger partial charge is 0.301 e. The molecule has 2 rings (SSSR count). The van der Waals surface area contributed by atoms with E-state index in [2.05, 4.69) is 33.2 Å². The molecule has 108 valence electrons. The van der Waals surface area contributed by atoms with Crippen molar-refractivity contribution in [2.45, 2.75) is 32.0 Å². The molecular weight excluding hydrogens is 360 g/mol. The molecule has 0 aliphatic rings. The Bertz CT molecular complexity index is 641. The third-order valence-electron chi connectivity index (χ3n) is 2.99.